The Labute approximate surface area is 125 Å². The van der Waals surface area contributed by atoms with Crippen molar-refractivity contribution < 1.29 is 0 Å². The number of hydrogen-bond acceptors (Lipinski definition) is 4. The summed E-state index contributed by atoms with van der Waals surface area (Å²) < 4.78 is 0. The van der Waals surface area contributed by atoms with Crippen molar-refractivity contribution in [2.45, 2.75) is 38.6 Å². The SMILES string of the molecule is Cc1cccc(CCc2nc(N3CCC(N)CC3)n[nH]2)c1. The van der Waals surface area contributed by atoms with E-state index in [1.54, 1.807) is 0 Å². The minimum Gasteiger partial charge on any atom is -0.339 e. The first-order valence-corrected chi connectivity index (χ1v) is 7.68. The number of hydrogen-bond donors (Lipinski definition) is 2. The minimum absolute atomic E-state index is 0.334. The van der Waals surface area contributed by atoms with Crippen LogP contribution in [0.3, 0.4) is 0 Å². The number of aromatic amines is 1. The number of nitrogens with zero attached hydrogens (tertiary/aromatic N) is 3. The van der Waals surface area contributed by atoms with E-state index in [4.69, 9.17) is 5.73 Å². The van der Waals surface area contributed by atoms with Crippen LogP contribution >= 0.6 is 0 Å². The summed E-state index contributed by atoms with van der Waals surface area (Å²) in [6.07, 6.45) is 3.92. The standard InChI is InChI=1S/C16H23N5/c1-12-3-2-4-13(11-12)5-6-15-18-16(20-19-15)21-9-7-14(17)8-10-21/h2-4,11,14H,5-10,17H2,1H3,(H,18,19,20). The van der Waals surface area contributed by atoms with Crippen LogP contribution in [0.25, 0.3) is 0 Å². The van der Waals surface area contributed by atoms with Crippen LogP contribution in [-0.2, 0) is 12.8 Å². The number of aryl methyl sites for hydroxylation is 3. The molecule has 5 nitrogen and oxygen atoms in total. The predicted molar refractivity (Wildman–Crippen MR) is 84.4 cm³/mol. The second-order valence-electron chi connectivity index (χ2n) is 5.90. The first-order valence-electron chi connectivity index (χ1n) is 7.68. The Hall–Kier alpha value is -1.88. The largest absolute Gasteiger partial charge is 0.339 e. The molecule has 1 saturated heterocycles. The smallest absolute Gasteiger partial charge is 0.244 e. The van der Waals surface area contributed by atoms with E-state index in [1.165, 1.54) is 11.1 Å². The van der Waals surface area contributed by atoms with Gasteiger partial charge in [-0.3, -0.25) is 5.10 Å². The van der Waals surface area contributed by atoms with E-state index in [0.717, 1.165) is 50.5 Å². The lowest BCUT2D eigenvalue weighted by Gasteiger charge is -2.28. The maximum absolute atomic E-state index is 5.93. The number of H-pyrrole nitrogens is 1. The average molecular weight is 285 g/mol. The summed E-state index contributed by atoms with van der Waals surface area (Å²) in [5.41, 5.74) is 8.57. The maximum atomic E-state index is 5.93. The van der Waals surface area contributed by atoms with Gasteiger partial charge in [0.1, 0.15) is 5.82 Å². The van der Waals surface area contributed by atoms with Crippen LogP contribution in [0, 0.1) is 6.92 Å². The molecule has 0 spiro atoms. The third-order valence-corrected chi connectivity index (χ3v) is 4.08. The summed E-state index contributed by atoms with van der Waals surface area (Å²) in [5, 5.41) is 7.41. The molecule has 0 atom stereocenters. The van der Waals surface area contributed by atoms with E-state index < -0.39 is 0 Å². The van der Waals surface area contributed by atoms with Gasteiger partial charge in [0.2, 0.25) is 5.95 Å². The van der Waals surface area contributed by atoms with E-state index in [1.807, 2.05) is 0 Å². The highest BCUT2D eigenvalue weighted by molar-refractivity contribution is 5.30. The number of rotatable bonds is 4. The Bertz CT molecular complexity index is 584. The zero-order valence-corrected chi connectivity index (χ0v) is 12.5. The van der Waals surface area contributed by atoms with Crippen molar-refractivity contribution in [1.82, 2.24) is 15.2 Å². The van der Waals surface area contributed by atoms with Crippen LogP contribution in [0.2, 0.25) is 0 Å². The zero-order valence-electron chi connectivity index (χ0n) is 12.5. The van der Waals surface area contributed by atoms with Gasteiger partial charge in [-0.25, -0.2) is 0 Å². The zero-order chi connectivity index (χ0) is 14.7. The van der Waals surface area contributed by atoms with Crippen molar-refractivity contribution >= 4 is 5.95 Å². The average Bonchev–Trinajstić information content (AvgIpc) is 2.95. The molecule has 1 aromatic heterocycles. The van der Waals surface area contributed by atoms with E-state index in [-0.39, 0.29) is 0 Å². The second-order valence-corrected chi connectivity index (χ2v) is 5.90. The van der Waals surface area contributed by atoms with Crippen LogP contribution in [0.1, 0.15) is 29.8 Å². The van der Waals surface area contributed by atoms with Gasteiger partial charge in [-0.2, -0.15) is 4.98 Å². The van der Waals surface area contributed by atoms with Crippen molar-refractivity contribution in [2.24, 2.45) is 5.73 Å². The Balaban J connectivity index is 1.58. The van der Waals surface area contributed by atoms with Gasteiger partial charge in [0.15, 0.2) is 0 Å². The van der Waals surface area contributed by atoms with E-state index in [0.29, 0.717) is 6.04 Å². The molecule has 1 aromatic carbocycles. The summed E-state index contributed by atoms with van der Waals surface area (Å²) in [4.78, 5) is 6.83. The Kier molecular flexibility index (Phi) is 4.20. The van der Waals surface area contributed by atoms with Crippen molar-refractivity contribution in [3.63, 3.8) is 0 Å². The molecule has 0 unspecified atom stereocenters. The van der Waals surface area contributed by atoms with Gasteiger partial charge in [-0.05, 0) is 31.7 Å². The van der Waals surface area contributed by atoms with Gasteiger partial charge in [-0.15, -0.1) is 5.10 Å². The van der Waals surface area contributed by atoms with Crippen LogP contribution in [0.5, 0.6) is 0 Å². The monoisotopic (exact) mass is 285 g/mol. The van der Waals surface area contributed by atoms with Crippen LogP contribution in [0.15, 0.2) is 24.3 Å². The quantitative estimate of drug-likeness (QED) is 0.899. The predicted octanol–water partition coefficient (Wildman–Crippen LogP) is 1.83. The molecule has 0 amide bonds. The summed E-state index contributed by atoms with van der Waals surface area (Å²) in [6.45, 7) is 4.03. The van der Waals surface area contributed by atoms with Gasteiger partial charge in [-0.1, -0.05) is 29.8 Å². The number of piperidine rings is 1. The molecular formula is C16H23N5. The number of aromatic nitrogens is 3. The Morgan fingerprint density at radius 1 is 1.29 bits per heavy atom. The summed E-state index contributed by atoms with van der Waals surface area (Å²) in [7, 11) is 0. The van der Waals surface area contributed by atoms with Crippen molar-refractivity contribution in [1.29, 1.82) is 0 Å². The molecule has 21 heavy (non-hydrogen) atoms. The first kappa shape index (κ1) is 14.1. The molecule has 0 radical (unpaired) electrons. The van der Waals surface area contributed by atoms with Gasteiger partial charge in [0.25, 0.3) is 0 Å². The van der Waals surface area contributed by atoms with Crippen LogP contribution < -0.4 is 10.6 Å². The molecule has 2 heterocycles. The number of benzene rings is 1. The third kappa shape index (κ3) is 3.61. The molecule has 112 valence electrons. The van der Waals surface area contributed by atoms with Gasteiger partial charge < -0.3 is 10.6 Å². The molecule has 5 heteroatoms. The number of anilines is 1. The van der Waals surface area contributed by atoms with Crippen molar-refractivity contribution in [3.05, 3.63) is 41.2 Å². The molecule has 0 bridgehead atoms. The highest BCUT2D eigenvalue weighted by atomic mass is 15.4. The van der Waals surface area contributed by atoms with Crippen LogP contribution in [0.4, 0.5) is 5.95 Å². The molecule has 2 aromatic rings. The van der Waals surface area contributed by atoms with Gasteiger partial charge in [0, 0.05) is 25.6 Å². The second kappa shape index (κ2) is 6.26. The normalized spacial score (nSPS) is 16.4. The van der Waals surface area contributed by atoms with Crippen molar-refractivity contribution in [3.8, 4) is 0 Å². The van der Waals surface area contributed by atoms with Crippen LogP contribution in [-0.4, -0.2) is 34.3 Å². The topological polar surface area (TPSA) is 70.8 Å². The Morgan fingerprint density at radius 2 is 2.10 bits per heavy atom. The molecule has 0 aliphatic carbocycles. The molecule has 0 saturated carbocycles. The fourth-order valence-electron chi connectivity index (χ4n) is 2.77. The lowest BCUT2D eigenvalue weighted by Crippen LogP contribution is -2.40. The fourth-order valence-corrected chi connectivity index (χ4v) is 2.77. The lowest BCUT2D eigenvalue weighted by atomic mass is 10.1. The highest BCUT2D eigenvalue weighted by Crippen LogP contribution is 2.15. The van der Waals surface area contributed by atoms with Gasteiger partial charge >= 0.3 is 0 Å². The highest BCUT2D eigenvalue weighted by Gasteiger charge is 2.19. The Morgan fingerprint density at radius 3 is 2.86 bits per heavy atom. The molecule has 1 aliphatic heterocycles. The molecule has 1 fully saturated rings. The van der Waals surface area contributed by atoms with Gasteiger partial charge in [0.05, 0.1) is 0 Å². The summed E-state index contributed by atoms with van der Waals surface area (Å²) in [6, 6.07) is 8.95. The van der Waals surface area contributed by atoms with E-state index >= 15 is 0 Å². The molecule has 3 N–H and O–H groups in total. The van der Waals surface area contributed by atoms with E-state index in [2.05, 4.69) is 51.3 Å². The molecule has 3 rings (SSSR count). The van der Waals surface area contributed by atoms with E-state index in [9.17, 15) is 0 Å². The summed E-state index contributed by atoms with van der Waals surface area (Å²) in [5.74, 6) is 1.78. The minimum atomic E-state index is 0.334. The first-order chi connectivity index (χ1) is 10.2. The summed E-state index contributed by atoms with van der Waals surface area (Å²) >= 11 is 0. The maximum Gasteiger partial charge on any atom is 0.244 e. The number of nitrogens with one attached hydrogen (secondary N) is 1. The third-order valence-electron chi connectivity index (χ3n) is 4.08. The number of nitrogens with two attached hydrogens (primary N) is 1. The fraction of sp³-hybridized carbons (Fsp3) is 0.500. The molecule has 1 aliphatic rings. The van der Waals surface area contributed by atoms with Crippen molar-refractivity contribution in [2.75, 3.05) is 18.0 Å². The lowest BCUT2D eigenvalue weighted by molar-refractivity contribution is 0.496. The molecular weight excluding hydrogens is 262 g/mol.